The minimum absolute atomic E-state index is 0.000909. The third kappa shape index (κ3) is 6.40. The predicted octanol–water partition coefficient (Wildman–Crippen LogP) is 4.74. The number of hydrogen-bond donors (Lipinski definition) is 1. The average Bonchev–Trinajstić information content (AvgIpc) is 3.85. The van der Waals surface area contributed by atoms with Gasteiger partial charge in [0.2, 0.25) is 5.91 Å². The van der Waals surface area contributed by atoms with Crippen LogP contribution in [-0.4, -0.2) is 100 Å². The summed E-state index contributed by atoms with van der Waals surface area (Å²) in [7, 11) is 3.23. The van der Waals surface area contributed by atoms with Crippen molar-refractivity contribution in [3.8, 4) is 22.6 Å². The number of likely N-dealkylation sites (tertiary alicyclic amines) is 1. The van der Waals surface area contributed by atoms with Crippen molar-refractivity contribution in [1.82, 2.24) is 34.8 Å². The van der Waals surface area contributed by atoms with Crippen LogP contribution in [0.2, 0.25) is 0 Å². The Morgan fingerprint density at radius 1 is 0.939 bits per heavy atom. The number of amides is 2. The number of carbonyl (C=O) groups excluding carboxylic acids is 2. The van der Waals surface area contributed by atoms with Crippen molar-refractivity contribution in [2.45, 2.75) is 31.7 Å². The summed E-state index contributed by atoms with van der Waals surface area (Å²) in [4.78, 5) is 40.5. The number of ether oxygens (including phenoxy) is 2. The Balaban J connectivity index is 1.18. The van der Waals surface area contributed by atoms with E-state index in [2.05, 4.69) is 25.2 Å². The summed E-state index contributed by atoms with van der Waals surface area (Å²) >= 11 is 0. The van der Waals surface area contributed by atoms with E-state index in [4.69, 9.17) is 9.47 Å². The van der Waals surface area contributed by atoms with E-state index < -0.39 is 5.82 Å². The van der Waals surface area contributed by atoms with Crippen molar-refractivity contribution < 1.29 is 23.5 Å². The summed E-state index contributed by atoms with van der Waals surface area (Å²) in [5, 5.41) is 8.36. The van der Waals surface area contributed by atoms with E-state index >= 15 is 4.39 Å². The molecule has 2 saturated heterocycles. The monoisotopic (exact) mass is 666 g/mol. The van der Waals surface area contributed by atoms with Crippen LogP contribution >= 0.6 is 0 Å². The topological polar surface area (TPSA) is 122 Å². The fraction of sp³-hybridized carbons (Fsp3) is 0.361. The van der Waals surface area contributed by atoms with Crippen LogP contribution < -0.4 is 14.4 Å². The molecule has 2 aliphatic heterocycles. The molecule has 3 aromatic heterocycles. The van der Waals surface area contributed by atoms with E-state index in [-0.39, 0.29) is 29.7 Å². The van der Waals surface area contributed by atoms with Crippen LogP contribution in [0, 0.1) is 5.82 Å². The number of piperazine rings is 1. The number of rotatable bonds is 9. The van der Waals surface area contributed by atoms with Crippen molar-refractivity contribution in [1.29, 1.82) is 0 Å². The van der Waals surface area contributed by atoms with Gasteiger partial charge in [-0.1, -0.05) is 23.4 Å². The zero-order valence-corrected chi connectivity index (χ0v) is 27.6. The number of H-pyrrole nitrogens is 1. The van der Waals surface area contributed by atoms with Crippen molar-refractivity contribution in [2.75, 3.05) is 58.4 Å². The molecule has 49 heavy (non-hydrogen) atoms. The number of nitrogens with one attached hydrogen (secondary N) is 1. The van der Waals surface area contributed by atoms with E-state index in [0.717, 1.165) is 29.8 Å². The SMILES string of the molecule is COc1ccccc1-c1cc([C@H]2CCCN(C(=O)CCn3ccnn3)C2)c(F)c2[nH]c(C(=O)N3CCN(c4ncccc4OC)CC3)cc12. The molecule has 7 rings (SSSR count). The highest BCUT2D eigenvalue weighted by Gasteiger charge is 2.31. The number of anilines is 1. The van der Waals surface area contributed by atoms with Gasteiger partial charge in [0.05, 0.1) is 32.5 Å². The van der Waals surface area contributed by atoms with Gasteiger partial charge in [0, 0.05) is 75.0 Å². The number of piperidine rings is 1. The molecule has 2 aliphatic rings. The minimum Gasteiger partial charge on any atom is -0.496 e. The van der Waals surface area contributed by atoms with Gasteiger partial charge in [0.25, 0.3) is 5.91 Å². The molecule has 5 aromatic rings. The Bertz CT molecular complexity index is 1950. The molecule has 2 amide bonds. The first kappa shape index (κ1) is 32.1. The highest BCUT2D eigenvalue weighted by Crippen LogP contribution is 2.41. The molecule has 1 N–H and O–H groups in total. The minimum atomic E-state index is -0.401. The first-order valence-electron chi connectivity index (χ1n) is 16.6. The number of nitrogens with zero attached hydrogens (tertiary/aromatic N) is 7. The Morgan fingerprint density at radius 2 is 1.73 bits per heavy atom. The Morgan fingerprint density at radius 3 is 2.51 bits per heavy atom. The lowest BCUT2D eigenvalue weighted by atomic mass is 9.86. The quantitative estimate of drug-likeness (QED) is 0.240. The lowest BCUT2D eigenvalue weighted by Gasteiger charge is -2.35. The maximum absolute atomic E-state index is 16.7. The van der Waals surface area contributed by atoms with E-state index in [9.17, 15) is 9.59 Å². The molecular formula is C36H39FN8O4. The van der Waals surface area contributed by atoms with Crippen LogP contribution in [-0.2, 0) is 11.3 Å². The number of fused-ring (bicyclic) bond motifs is 1. The smallest absolute Gasteiger partial charge is 0.270 e. The molecule has 0 aliphatic carbocycles. The number of pyridine rings is 1. The highest BCUT2D eigenvalue weighted by atomic mass is 19.1. The van der Waals surface area contributed by atoms with E-state index in [0.29, 0.717) is 74.0 Å². The molecule has 0 spiro atoms. The molecule has 12 nitrogen and oxygen atoms in total. The molecule has 13 heteroatoms. The summed E-state index contributed by atoms with van der Waals surface area (Å²) in [5.74, 6) is 1.26. The number of hydrogen-bond acceptors (Lipinski definition) is 8. The first-order valence-corrected chi connectivity index (χ1v) is 16.6. The fourth-order valence-electron chi connectivity index (χ4n) is 7.03. The number of aryl methyl sites for hydroxylation is 1. The van der Waals surface area contributed by atoms with Gasteiger partial charge in [-0.3, -0.25) is 14.3 Å². The standard InChI is InChI=1S/C36H39FN8O4/c1-48-30-9-4-3-8-25(30)27-21-26(24-7-6-14-44(23-24)32(46)11-15-45-16-13-39-41-45)33(37)34-28(27)22-29(40-34)36(47)43-19-17-42(18-20-43)35-31(49-2)10-5-12-38-35/h3-5,8-10,12-13,16,21-22,24,40H,6-7,11,14-15,17-20,23H2,1-2H3/t24-/m0/s1. The van der Waals surface area contributed by atoms with Gasteiger partial charge in [0.15, 0.2) is 17.4 Å². The molecule has 254 valence electrons. The molecule has 0 radical (unpaired) electrons. The molecule has 2 fully saturated rings. The summed E-state index contributed by atoms with van der Waals surface area (Å²) in [6.07, 6.45) is 6.82. The Labute approximate surface area is 283 Å². The predicted molar refractivity (Wildman–Crippen MR) is 182 cm³/mol. The zero-order valence-electron chi connectivity index (χ0n) is 27.6. The third-order valence-electron chi connectivity index (χ3n) is 9.59. The largest absolute Gasteiger partial charge is 0.496 e. The molecule has 5 heterocycles. The Kier molecular flexibility index (Phi) is 9.14. The number of carbonyl (C=O) groups is 2. The lowest BCUT2D eigenvalue weighted by molar-refractivity contribution is -0.132. The average molecular weight is 667 g/mol. The molecule has 1 atom stereocenters. The summed E-state index contributed by atoms with van der Waals surface area (Å²) < 4.78 is 29.5. The fourth-order valence-corrected chi connectivity index (χ4v) is 7.03. The van der Waals surface area contributed by atoms with Gasteiger partial charge in [0.1, 0.15) is 11.4 Å². The van der Waals surface area contributed by atoms with E-state index in [1.54, 1.807) is 48.5 Å². The number of methoxy groups -OCH3 is 2. The zero-order chi connectivity index (χ0) is 33.9. The summed E-state index contributed by atoms with van der Waals surface area (Å²) in [5.41, 5.74) is 2.67. The highest BCUT2D eigenvalue weighted by molar-refractivity contribution is 6.04. The second-order valence-corrected chi connectivity index (χ2v) is 12.4. The normalized spacial score (nSPS) is 16.6. The molecule has 2 aromatic carbocycles. The molecule has 0 saturated carbocycles. The Hall–Kier alpha value is -5.46. The second kappa shape index (κ2) is 14.0. The summed E-state index contributed by atoms with van der Waals surface area (Å²) in [6, 6.07) is 14.9. The number of para-hydroxylation sites is 1. The first-order chi connectivity index (χ1) is 23.9. The number of benzene rings is 2. The van der Waals surface area contributed by atoms with Crippen LogP contribution in [0.25, 0.3) is 22.0 Å². The van der Waals surface area contributed by atoms with E-state index in [1.165, 1.54) is 0 Å². The van der Waals surface area contributed by atoms with Crippen LogP contribution in [0.4, 0.5) is 10.2 Å². The number of halogens is 1. The molecule has 0 unspecified atom stereocenters. The maximum atomic E-state index is 16.7. The van der Waals surface area contributed by atoms with Crippen molar-refractivity contribution in [3.05, 3.63) is 84.2 Å². The van der Waals surface area contributed by atoms with Crippen molar-refractivity contribution in [3.63, 3.8) is 0 Å². The number of aromatic amines is 1. The molecule has 0 bridgehead atoms. The van der Waals surface area contributed by atoms with Crippen LogP contribution in [0.15, 0.2) is 67.1 Å². The van der Waals surface area contributed by atoms with Gasteiger partial charge in [-0.2, -0.15) is 0 Å². The van der Waals surface area contributed by atoms with Crippen molar-refractivity contribution in [2.24, 2.45) is 0 Å². The van der Waals surface area contributed by atoms with Crippen molar-refractivity contribution >= 4 is 28.5 Å². The lowest BCUT2D eigenvalue weighted by Crippen LogP contribution is -2.49. The van der Waals surface area contributed by atoms with E-state index in [1.807, 2.05) is 47.4 Å². The van der Waals surface area contributed by atoms with Crippen LogP contribution in [0.5, 0.6) is 11.5 Å². The maximum Gasteiger partial charge on any atom is 0.270 e. The van der Waals surface area contributed by atoms with Gasteiger partial charge < -0.3 is 29.2 Å². The summed E-state index contributed by atoms with van der Waals surface area (Å²) in [6.45, 7) is 3.58. The number of aromatic nitrogens is 5. The molecular weight excluding hydrogens is 627 g/mol. The van der Waals surface area contributed by atoms with Gasteiger partial charge in [-0.05, 0) is 54.3 Å². The third-order valence-corrected chi connectivity index (χ3v) is 9.59. The van der Waals surface area contributed by atoms with Crippen LogP contribution in [0.1, 0.15) is 41.2 Å². The van der Waals surface area contributed by atoms with Gasteiger partial charge >= 0.3 is 0 Å². The van der Waals surface area contributed by atoms with Crippen LogP contribution in [0.3, 0.4) is 0 Å². The van der Waals surface area contributed by atoms with Gasteiger partial charge in [-0.15, -0.1) is 5.10 Å². The second-order valence-electron chi connectivity index (χ2n) is 12.4. The van der Waals surface area contributed by atoms with Gasteiger partial charge in [-0.25, -0.2) is 9.37 Å².